The first-order valence-corrected chi connectivity index (χ1v) is 8.71. The van der Waals surface area contributed by atoms with E-state index in [9.17, 15) is 13.2 Å². The smallest absolute Gasteiger partial charge is 0.231 e. The van der Waals surface area contributed by atoms with Gasteiger partial charge < -0.3 is 10.5 Å². The first-order valence-electron chi connectivity index (χ1n) is 8.71. The van der Waals surface area contributed by atoms with Crippen LogP contribution in [0.2, 0.25) is 0 Å². The number of nitrogen functional groups attached to an aromatic ring is 1. The van der Waals surface area contributed by atoms with E-state index in [2.05, 4.69) is 15.1 Å². The number of alkyl halides is 1. The van der Waals surface area contributed by atoms with E-state index in [4.69, 9.17) is 10.5 Å². The van der Waals surface area contributed by atoms with E-state index in [-0.39, 0.29) is 6.04 Å². The van der Waals surface area contributed by atoms with Crippen molar-refractivity contribution in [3.05, 3.63) is 47.9 Å². The van der Waals surface area contributed by atoms with Crippen molar-refractivity contribution in [2.45, 2.75) is 44.2 Å². The molecule has 1 fully saturated rings. The fourth-order valence-corrected chi connectivity index (χ4v) is 3.54. The van der Waals surface area contributed by atoms with Crippen molar-refractivity contribution >= 4 is 16.9 Å². The summed E-state index contributed by atoms with van der Waals surface area (Å²) in [5, 5.41) is 5.05. The van der Waals surface area contributed by atoms with Crippen LogP contribution < -0.4 is 5.73 Å². The Morgan fingerprint density at radius 3 is 2.52 bits per heavy atom. The molecule has 1 aromatic carbocycles. The Kier molecular flexibility index (Phi) is 4.69. The molecule has 0 radical (unpaired) electrons. The van der Waals surface area contributed by atoms with Crippen molar-refractivity contribution in [2.24, 2.45) is 0 Å². The summed E-state index contributed by atoms with van der Waals surface area (Å²) in [7, 11) is 0. The molecular weight excluding hydrogens is 359 g/mol. The molecule has 6 nitrogen and oxygen atoms in total. The number of anilines is 1. The first kappa shape index (κ1) is 17.7. The standard InChI is InChI=1S/C18H18F3N5O/c19-13-2-1-3-14(20)15(13)16(21)27-11-6-4-10(5-7-11)26-18-12(8-25-26)17(22)23-9-24-18/h1-3,8-11,16H,4-7H2,(H2,22,23,24)/t10?,11?,16-/m0/s1. The molecule has 2 N–H and O–H groups in total. The van der Waals surface area contributed by atoms with Gasteiger partial charge in [-0.2, -0.15) is 5.10 Å². The van der Waals surface area contributed by atoms with Crippen molar-refractivity contribution in [3.8, 4) is 0 Å². The minimum absolute atomic E-state index is 0.0694. The zero-order chi connectivity index (χ0) is 19.0. The number of benzene rings is 1. The molecule has 1 aliphatic rings. The number of rotatable bonds is 4. The maximum atomic E-state index is 14.3. The van der Waals surface area contributed by atoms with E-state index < -0.39 is 29.7 Å². The van der Waals surface area contributed by atoms with Crippen LogP contribution in [-0.2, 0) is 4.74 Å². The predicted octanol–water partition coefficient (Wildman–Crippen LogP) is 3.86. The Labute approximate surface area is 153 Å². The van der Waals surface area contributed by atoms with Crippen molar-refractivity contribution in [1.29, 1.82) is 0 Å². The van der Waals surface area contributed by atoms with Gasteiger partial charge in [0.1, 0.15) is 23.8 Å². The zero-order valence-corrected chi connectivity index (χ0v) is 14.4. The molecule has 0 unspecified atom stereocenters. The molecule has 142 valence electrons. The van der Waals surface area contributed by atoms with Crippen LogP contribution in [0, 0.1) is 11.6 Å². The second-order valence-corrected chi connectivity index (χ2v) is 6.60. The largest absolute Gasteiger partial charge is 0.383 e. The van der Waals surface area contributed by atoms with Gasteiger partial charge in [-0.15, -0.1) is 0 Å². The Balaban J connectivity index is 1.42. The van der Waals surface area contributed by atoms with Gasteiger partial charge >= 0.3 is 0 Å². The number of hydrogen-bond acceptors (Lipinski definition) is 5. The van der Waals surface area contributed by atoms with Gasteiger partial charge in [0.2, 0.25) is 6.36 Å². The Hall–Kier alpha value is -2.68. The molecule has 4 rings (SSSR count). The number of ether oxygens (including phenoxy) is 1. The molecule has 0 bridgehead atoms. The van der Waals surface area contributed by atoms with E-state index >= 15 is 0 Å². The third kappa shape index (κ3) is 3.34. The van der Waals surface area contributed by atoms with Crippen molar-refractivity contribution in [2.75, 3.05) is 5.73 Å². The highest BCUT2D eigenvalue weighted by Gasteiger charge is 2.29. The second-order valence-electron chi connectivity index (χ2n) is 6.60. The van der Waals surface area contributed by atoms with Gasteiger partial charge in [-0.3, -0.25) is 0 Å². The summed E-state index contributed by atoms with van der Waals surface area (Å²) in [5.74, 6) is -1.52. The lowest BCUT2D eigenvalue weighted by molar-refractivity contribution is -0.106. The van der Waals surface area contributed by atoms with Gasteiger partial charge in [0.15, 0.2) is 5.65 Å². The quantitative estimate of drug-likeness (QED) is 0.747. The molecule has 9 heteroatoms. The molecule has 2 aromatic heterocycles. The lowest BCUT2D eigenvalue weighted by Gasteiger charge is -2.30. The number of nitrogens with zero attached hydrogens (tertiary/aromatic N) is 4. The highest BCUT2D eigenvalue weighted by molar-refractivity contribution is 5.84. The minimum Gasteiger partial charge on any atom is -0.383 e. The van der Waals surface area contributed by atoms with Crippen LogP contribution in [0.25, 0.3) is 11.0 Å². The van der Waals surface area contributed by atoms with Crippen LogP contribution >= 0.6 is 0 Å². The summed E-state index contributed by atoms with van der Waals surface area (Å²) >= 11 is 0. The molecule has 3 aromatic rings. The zero-order valence-electron chi connectivity index (χ0n) is 14.4. The van der Waals surface area contributed by atoms with Gasteiger partial charge in [0.05, 0.1) is 29.3 Å². The average Bonchev–Trinajstić information content (AvgIpc) is 3.08. The topological polar surface area (TPSA) is 78.9 Å². The van der Waals surface area contributed by atoms with E-state index in [1.807, 2.05) is 0 Å². The Morgan fingerprint density at radius 2 is 1.81 bits per heavy atom. The monoisotopic (exact) mass is 377 g/mol. The molecule has 1 aliphatic carbocycles. The number of halogens is 3. The fourth-order valence-electron chi connectivity index (χ4n) is 3.54. The van der Waals surface area contributed by atoms with E-state index in [0.717, 1.165) is 12.1 Å². The molecule has 2 heterocycles. The minimum atomic E-state index is -2.13. The normalized spacial score (nSPS) is 21.4. The number of aromatic nitrogens is 4. The number of hydrogen-bond donors (Lipinski definition) is 1. The molecule has 0 amide bonds. The van der Waals surface area contributed by atoms with E-state index in [1.165, 1.54) is 12.4 Å². The molecule has 1 saturated carbocycles. The highest BCUT2D eigenvalue weighted by atomic mass is 19.2. The van der Waals surface area contributed by atoms with Gasteiger partial charge in [0.25, 0.3) is 0 Å². The third-order valence-corrected chi connectivity index (χ3v) is 4.95. The van der Waals surface area contributed by atoms with E-state index in [0.29, 0.717) is 42.5 Å². The van der Waals surface area contributed by atoms with Crippen LogP contribution in [0.15, 0.2) is 30.7 Å². The summed E-state index contributed by atoms with van der Waals surface area (Å²) in [4.78, 5) is 8.18. The number of fused-ring (bicyclic) bond motifs is 1. The summed E-state index contributed by atoms with van der Waals surface area (Å²) in [6.45, 7) is 0. The van der Waals surface area contributed by atoms with Gasteiger partial charge in [-0.25, -0.2) is 27.8 Å². The SMILES string of the molecule is Nc1ncnc2c1cnn2C1CCC(O[C@H](F)c2c(F)cccc2F)CC1. The summed E-state index contributed by atoms with van der Waals surface area (Å²) in [6, 6.07) is 3.29. The van der Waals surface area contributed by atoms with Crippen LogP contribution in [0.3, 0.4) is 0 Å². The Bertz CT molecular complexity index is 935. The lowest BCUT2D eigenvalue weighted by atomic mass is 9.93. The van der Waals surface area contributed by atoms with Gasteiger partial charge in [0, 0.05) is 0 Å². The number of nitrogens with two attached hydrogens (primary N) is 1. The second kappa shape index (κ2) is 7.15. The summed E-state index contributed by atoms with van der Waals surface area (Å²) in [6.07, 6.45) is 2.91. The fraction of sp³-hybridized carbons (Fsp3) is 0.389. The molecule has 1 atom stereocenters. The van der Waals surface area contributed by atoms with Crippen LogP contribution in [0.5, 0.6) is 0 Å². The van der Waals surface area contributed by atoms with Crippen molar-refractivity contribution < 1.29 is 17.9 Å². The Morgan fingerprint density at radius 1 is 1.11 bits per heavy atom. The summed E-state index contributed by atoms with van der Waals surface area (Å²) < 4.78 is 48.8. The predicted molar refractivity (Wildman–Crippen MR) is 92.3 cm³/mol. The van der Waals surface area contributed by atoms with Crippen molar-refractivity contribution in [3.63, 3.8) is 0 Å². The maximum absolute atomic E-state index is 14.3. The molecule has 27 heavy (non-hydrogen) atoms. The lowest BCUT2D eigenvalue weighted by Crippen LogP contribution is -2.25. The van der Waals surface area contributed by atoms with Gasteiger partial charge in [-0.1, -0.05) is 6.07 Å². The summed E-state index contributed by atoms with van der Waals surface area (Å²) in [5.41, 5.74) is 5.81. The molecular formula is C18H18F3N5O. The molecule has 0 spiro atoms. The van der Waals surface area contributed by atoms with Crippen LogP contribution in [0.4, 0.5) is 19.0 Å². The van der Waals surface area contributed by atoms with Crippen LogP contribution in [-0.4, -0.2) is 25.9 Å². The van der Waals surface area contributed by atoms with Gasteiger partial charge in [-0.05, 0) is 37.8 Å². The van der Waals surface area contributed by atoms with Crippen LogP contribution in [0.1, 0.15) is 43.6 Å². The maximum Gasteiger partial charge on any atom is 0.231 e. The highest BCUT2D eigenvalue weighted by Crippen LogP contribution is 2.35. The first-order chi connectivity index (χ1) is 13.0. The third-order valence-electron chi connectivity index (χ3n) is 4.95. The molecule has 0 saturated heterocycles. The van der Waals surface area contributed by atoms with Crippen molar-refractivity contribution in [1.82, 2.24) is 19.7 Å². The average molecular weight is 377 g/mol. The molecule has 0 aliphatic heterocycles. The van der Waals surface area contributed by atoms with E-state index in [1.54, 1.807) is 10.9 Å².